The van der Waals surface area contributed by atoms with Crippen molar-refractivity contribution >= 4 is 23.4 Å². The van der Waals surface area contributed by atoms with Crippen molar-refractivity contribution < 1.29 is 4.52 Å². The lowest BCUT2D eigenvalue weighted by atomic mass is 10.2. The molecule has 0 aliphatic rings. The third-order valence-electron chi connectivity index (χ3n) is 1.78. The normalized spacial score (nSPS) is 10.4. The van der Waals surface area contributed by atoms with E-state index >= 15 is 0 Å². The second kappa shape index (κ2) is 4.07. The molecule has 0 saturated heterocycles. The molecule has 4 heteroatoms. The van der Waals surface area contributed by atoms with Gasteiger partial charge in [-0.05, 0) is 0 Å². The molecule has 2 aromatic rings. The molecule has 0 spiro atoms. The fourth-order valence-corrected chi connectivity index (χ4v) is 1.77. The maximum atomic E-state index is 6.04. The molecular formula is C10H7ClNOS. The van der Waals surface area contributed by atoms with Gasteiger partial charge >= 0.3 is 0 Å². The van der Waals surface area contributed by atoms with Crippen LogP contribution in [0.3, 0.4) is 0 Å². The van der Waals surface area contributed by atoms with Gasteiger partial charge in [-0.1, -0.05) is 47.1 Å². The van der Waals surface area contributed by atoms with Crippen LogP contribution in [-0.4, -0.2) is 5.16 Å². The molecule has 0 N–H and O–H groups in total. The minimum atomic E-state index is 0.524. The van der Waals surface area contributed by atoms with E-state index in [1.165, 1.54) is 11.8 Å². The van der Waals surface area contributed by atoms with E-state index < -0.39 is 0 Å². The Morgan fingerprint density at radius 1 is 1.29 bits per heavy atom. The summed E-state index contributed by atoms with van der Waals surface area (Å²) in [4.78, 5) is 0. The van der Waals surface area contributed by atoms with Gasteiger partial charge in [0.15, 0.2) is 10.8 Å². The quantitative estimate of drug-likeness (QED) is 0.725. The van der Waals surface area contributed by atoms with Crippen molar-refractivity contribution in [2.24, 2.45) is 0 Å². The largest absolute Gasteiger partial charge is 0.353 e. The van der Waals surface area contributed by atoms with Gasteiger partial charge in [-0.2, -0.15) is 0 Å². The van der Waals surface area contributed by atoms with Gasteiger partial charge in [0.05, 0.1) is 0 Å². The molecule has 0 atom stereocenters. The number of thioether (sulfide) groups is 1. The first kappa shape index (κ1) is 9.62. The predicted molar refractivity (Wildman–Crippen MR) is 58.2 cm³/mol. The molecular weight excluding hydrogens is 218 g/mol. The summed E-state index contributed by atoms with van der Waals surface area (Å²) in [5, 5.41) is 4.94. The van der Waals surface area contributed by atoms with Gasteiger partial charge in [0.2, 0.25) is 0 Å². The Morgan fingerprint density at radius 2 is 2.00 bits per heavy atom. The first-order valence-corrected chi connectivity index (χ1v) is 5.32. The van der Waals surface area contributed by atoms with E-state index in [9.17, 15) is 0 Å². The molecule has 0 unspecified atom stereocenters. The molecule has 1 aromatic heterocycles. The Morgan fingerprint density at radius 3 is 2.57 bits per heavy atom. The summed E-state index contributed by atoms with van der Waals surface area (Å²) in [6.07, 6.45) is 3.63. The van der Waals surface area contributed by atoms with Crippen LogP contribution in [0.1, 0.15) is 0 Å². The zero-order chi connectivity index (χ0) is 9.97. The van der Waals surface area contributed by atoms with Crippen LogP contribution in [0.5, 0.6) is 0 Å². The summed E-state index contributed by atoms with van der Waals surface area (Å²) >= 11 is 7.27. The minimum Gasteiger partial charge on any atom is -0.353 e. The average molecular weight is 225 g/mol. The van der Waals surface area contributed by atoms with Gasteiger partial charge in [-0.3, -0.25) is 0 Å². The van der Waals surface area contributed by atoms with Crippen LogP contribution >= 0.6 is 23.4 Å². The average Bonchev–Trinajstić information content (AvgIpc) is 2.61. The van der Waals surface area contributed by atoms with Gasteiger partial charge in [0.25, 0.3) is 0 Å². The van der Waals surface area contributed by atoms with E-state index in [1.54, 1.807) is 0 Å². The number of aromatic nitrogens is 1. The Hall–Kier alpha value is -0.930. The predicted octanol–water partition coefficient (Wildman–Crippen LogP) is 3.88. The highest BCUT2D eigenvalue weighted by Crippen LogP contribution is 2.34. The zero-order valence-electron chi connectivity index (χ0n) is 7.24. The van der Waals surface area contributed by atoms with Crippen LogP contribution in [0.4, 0.5) is 0 Å². The van der Waals surface area contributed by atoms with E-state index in [0.29, 0.717) is 15.8 Å². The maximum Gasteiger partial charge on any atom is 0.186 e. The number of nitrogens with zero attached hydrogens (tertiary/aromatic N) is 1. The van der Waals surface area contributed by atoms with Crippen molar-refractivity contribution in [1.82, 2.24) is 5.16 Å². The van der Waals surface area contributed by atoms with E-state index in [1.807, 2.05) is 30.3 Å². The molecule has 1 aromatic carbocycles. The fraction of sp³-hybridized carbons (Fsp3) is 0. The summed E-state index contributed by atoms with van der Waals surface area (Å²) in [6, 6.07) is 9.62. The molecule has 0 fully saturated rings. The lowest BCUT2D eigenvalue weighted by Crippen LogP contribution is -1.72. The summed E-state index contributed by atoms with van der Waals surface area (Å²) in [7, 11) is 0. The molecule has 0 amide bonds. The first-order valence-electron chi connectivity index (χ1n) is 3.95. The highest BCUT2D eigenvalue weighted by atomic mass is 35.5. The lowest BCUT2D eigenvalue weighted by Gasteiger charge is -1.94. The van der Waals surface area contributed by atoms with Crippen molar-refractivity contribution in [1.29, 1.82) is 0 Å². The first-order chi connectivity index (χ1) is 6.83. The number of halogens is 1. The van der Waals surface area contributed by atoms with E-state index in [2.05, 4.69) is 11.4 Å². The monoisotopic (exact) mass is 224 g/mol. The molecule has 71 valence electrons. The fourth-order valence-electron chi connectivity index (χ4n) is 1.12. The van der Waals surface area contributed by atoms with Crippen LogP contribution in [0, 0.1) is 6.26 Å². The molecule has 1 heterocycles. The van der Waals surface area contributed by atoms with Crippen molar-refractivity contribution in [2.45, 2.75) is 5.03 Å². The summed E-state index contributed by atoms with van der Waals surface area (Å²) in [5.41, 5.74) is 0.922. The standard InChI is InChI=1S/C10H7ClNOS/c1-14-10-8(11)9(13-12-10)7-5-3-2-4-6-7/h2-6H,1H2. The summed E-state index contributed by atoms with van der Waals surface area (Å²) in [6.45, 7) is 0. The molecule has 0 saturated carbocycles. The van der Waals surface area contributed by atoms with Gasteiger partial charge in [-0.15, -0.1) is 11.8 Å². The lowest BCUT2D eigenvalue weighted by molar-refractivity contribution is 0.415. The van der Waals surface area contributed by atoms with Crippen molar-refractivity contribution in [3.05, 3.63) is 41.6 Å². The number of hydrogen-bond donors (Lipinski definition) is 0. The molecule has 2 nitrogen and oxygen atoms in total. The van der Waals surface area contributed by atoms with Crippen LogP contribution in [-0.2, 0) is 0 Å². The van der Waals surface area contributed by atoms with Crippen molar-refractivity contribution in [3.63, 3.8) is 0 Å². The smallest absolute Gasteiger partial charge is 0.186 e. The van der Waals surface area contributed by atoms with Crippen molar-refractivity contribution in [2.75, 3.05) is 0 Å². The molecule has 1 radical (unpaired) electrons. The number of hydrogen-bond acceptors (Lipinski definition) is 3. The van der Waals surface area contributed by atoms with Crippen molar-refractivity contribution in [3.8, 4) is 11.3 Å². The van der Waals surface area contributed by atoms with Gasteiger partial charge in [-0.25, -0.2) is 0 Å². The highest BCUT2D eigenvalue weighted by molar-refractivity contribution is 8.00. The topological polar surface area (TPSA) is 26.0 Å². The third-order valence-corrected chi connectivity index (χ3v) is 2.79. The molecule has 0 aliphatic heterocycles. The summed E-state index contributed by atoms with van der Waals surface area (Å²) in [5.74, 6) is 0.596. The van der Waals surface area contributed by atoms with Gasteiger partial charge in [0, 0.05) is 11.8 Å². The van der Waals surface area contributed by atoms with Gasteiger partial charge in [0.1, 0.15) is 5.02 Å². The van der Waals surface area contributed by atoms with Crippen LogP contribution < -0.4 is 0 Å². The van der Waals surface area contributed by atoms with E-state index in [0.717, 1.165) is 5.56 Å². The number of rotatable bonds is 2. The number of benzene rings is 1. The Kier molecular flexibility index (Phi) is 2.79. The zero-order valence-corrected chi connectivity index (χ0v) is 8.81. The SMILES string of the molecule is [CH2]Sc1noc(-c2ccccc2)c1Cl. The van der Waals surface area contributed by atoms with E-state index in [4.69, 9.17) is 16.1 Å². The molecule has 0 aliphatic carbocycles. The second-order valence-corrected chi connectivity index (χ2v) is 3.69. The second-order valence-electron chi connectivity index (χ2n) is 2.64. The van der Waals surface area contributed by atoms with Crippen LogP contribution in [0.25, 0.3) is 11.3 Å². The third kappa shape index (κ3) is 1.65. The van der Waals surface area contributed by atoms with Crippen LogP contribution in [0.15, 0.2) is 39.9 Å². The Balaban J connectivity index is 2.48. The highest BCUT2D eigenvalue weighted by Gasteiger charge is 2.14. The van der Waals surface area contributed by atoms with Crippen LogP contribution in [0.2, 0.25) is 5.02 Å². The Bertz CT molecular complexity index is 427. The summed E-state index contributed by atoms with van der Waals surface area (Å²) < 4.78 is 5.13. The molecule has 14 heavy (non-hydrogen) atoms. The minimum absolute atomic E-state index is 0.524. The maximum absolute atomic E-state index is 6.04. The molecule has 0 bridgehead atoms. The van der Waals surface area contributed by atoms with Gasteiger partial charge < -0.3 is 4.52 Å². The Labute approximate surface area is 91.2 Å². The van der Waals surface area contributed by atoms with E-state index in [-0.39, 0.29) is 0 Å². The molecule has 2 rings (SSSR count).